The van der Waals surface area contributed by atoms with Crippen LogP contribution in [-0.2, 0) is 0 Å². The predicted molar refractivity (Wildman–Crippen MR) is 266 cm³/mol. The van der Waals surface area contributed by atoms with E-state index in [0.29, 0.717) is 21.2 Å². The summed E-state index contributed by atoms with van der Waals surface area (Å²) in [6, 6.07) is 66.5. The van der Waals surface area contributed by atoms with Gasteiger partial charge in [0.1, 0.15) is 0 Å². The highest BCUT2D eigenvalue weighted by Gasteiger charge is 2.24. The molecule has 3 aromatic heterocycles. The fourth-order valence-corrected chi connectivity index (χ4v) is 8.61. The zero-order valence-electron chi connectivity index (χ0n) is 34.0. The number of benzene rings is 6. The lowest BCUT2D eigenvalue weighted by Gasteiger charge is -2.20. The lowest BCUT2D eigenvalue weighted by molar-refractivity contribution is 1.32. The molecule has 9 aromatic rings. The average molecular weight is 871 g/mol. The minimum Gasteiger partial charge on any atom is -0.256 e. The van der Waals surface area contributed by atoms with E-state index >= 15 is 0 Å². The Morgan fingerprint density at radius 1 is 0.317 bits per heavy atom. The van der Waals surface area contributed by atoms with Crippen molar-refractivity contribution in [3.63, 3.8) is 0 Å². The van der Waals surface area contributed by atoms with Gasteiger partial charge >= 0.3 is 0 Å². The molecule has 6 heteroatoms. The summed E-state index contributed by atoms with van der Waals surface area (Å²) >= 11 is 22.9. The Bertz CT molecular complexity index is 3110. The molecule has 0 unspecified atom stereocenters. The summed E-state index contributed by atoms with van der Waals surface area (Å²) in [5.74, 6) is 0. The van der Waals surface area contributed by atoms with Gasteiger partial charge in [0.05, 0.1) is 32.2 Å². The summed E-state index contributed by atoms with van der Waals surface area (Å²) in [5, 5.41) is 0.922. The summed E-state index contributed by atoms with van der Waals surface area (Å²) in [4.78, 5) is 14.5. The van der Waals surface area contributed by atoms with Crippen LogP contribution >= 0.6 is 34.8 Å². The zero-order chi connectivity index (χ0) is 43.1. The highest BCUT2D eigenvalue weighted by atomic mass is 35.5. The summed E-state index contributed by atoms with van der Waals surface area (Å²) < 4.78 is 0. The van der Waals surface area contributed by atoms with Gasteiger partial charge in [-0.25, -0.2) is 0 Å². The van der Waals surface area contributed by atoms with Crippen molar-refractivity contribution in [1.82, 2.24) is 15.0 Å². The van der Waals surface area contributed by atoms with Gasteiger partial charge in [0, 0.05) is 63.1 Å². The first-order chi connectivity index (χ1) is 30.9. The number of pyridine rings is 3. The smallest absolute Gasteiger partial charge is 0.0702 e. The van der Waals surface area contributed by atoms with Gasteiger partial charge in [-0.1, -0.05) is 223 Å². The molecule has 0 spiro atoms. The number of hydrogen-bond acceptors (Lipinski definition) is 3. The molecule has 0 radical (unpaired) electrons. The molecule has 0 bridgehead atoms. The first kappa shape index (κ1) is 41.2. The molecule has 63 heavy (non-hydrogen) atoms. The minimum atomic E-state index is 0.261. The number of nitrogens with zero attached hydrogens (tertiary/aromatic N) is 3. The molecule has 9 rings (SSSR count). The van der Waals surface area contributed by atoms with Crippen molar-refractivity contribution in [1.29, 1.82) is 0 Å². The van der Waals surface area contributed by atoms with Crippen LogP contribution in [0.15, 0.2) is 235 Å². The maximum absolute atomic E-state index is 7.72. The van der Waals surface area contributed by atoms with Crippen LogP contribution in [0.4, 0.5) is 0 Å². The van der Waals surface area contributed by atoms with E-state index in [1.54, 1.807) is 0 Å². The lowest BCUT2D eigenvalue weighted by atomic mass is 9.89. The van der Waals surface area contributed by atoms with Crippen LogP contribution in [0.5, 0.6) is 0 Å². The number of allylic oxidation sites excluding steroid dienone is 4. The van der Waals surface area contributed by atoms with Gasteiger partial charge in [-0.3, -0.25) is 15.0 Å². The van der Waals surface area contributed by atoms with Crippen molar-refractivity contribution < 1.29 is 0 Å². The molecule has 0 atom stereocenters. The van der Waals surface area contributed by atoms with Gasteiger partial charge in [0.25, 0.3) is 0 Å². The molecule has 0 saturated carbocycles. The van der Waals surface area contributed by atoms with Gasteiger partial charge in [-0.2, -0.15) is 0 Å². The van der Waals surface area contributed by atoms with E-state index < -0.39 is 0 Å². The van der Waals surface area contributed by atoms with E-state index in [2.05, 4.69) is 43.0 Å². The van der Waals surface area contributed by atoms with E-state index in [1.807, 2.05) is 182 Å². The number of rotatable bonds is 11. The van der Waals surface area contributed by atoms with Crippen molar-refractivity contribution in [3.8, 4) is 67.2 Å². The molecule has 0 aliphatic heterocycles. The Morgan fingerprint density at radius 2 is 0.651 bits per heavy atom. The van der Waals surface area contributed by atoms with Crippen molar-refractivity contribution in [3.05, 3.63) is 252 Å². The predicted octanol–water partition coefficient (Wildman–Crippen LogP) is 16.4. The normalized spacial score (nSPS) is 12.0. The first-order valence-corrected chi connectivity index (χ1v) is 21.6. The Kier molecular flexibility index (Phi) is 12.3. The monoisotopic (exact) mass is 869 g/mol. The van der Waals surface area contributed by atoms with Crippen molar-refractivity contribution in [2.45, 2.75) is 0 Å². The van der Waals surface area contributed by atoms with E-state index in [4.69, 9.17) is 49.8 Å². The molecular weight excluding hydrogens is 833 g/mol. The quantitative estimate of drug-likeness (QED) is 0.122. The number of hydrogen-bond donors (Lipinski definition) is 0. The molecule has 0 fully saturated rings. The molecule has 0 aliphatic rings. The topological polar surface area (TPSA) is 38.7 Å². The Balaban J connectivity index is 1.18. The number of halogens is 3. The zero-order valence-corrected chi connectivity index (χ0v) is 36.2. The molecule has 0 N–H and O–H groups in total. The van der Waals surface area contributed by atoms with Crippen LogP contribution in [-0.4, -0.2) is 15.0 Å². The highest BCUT2D eigenvalue weighted by Crippen LogP contribution is 2.47. The van der Waals surface area contributed by atoms with Gasteiger partial charge in [0.2, 0.25) is 0 Å². The van der Waals surface area contributed by atoms with Crippen LogP contribution in [0.1, 0.15) is 16.7 Å². The molecule has 302 valence electrons. The summed E-state index contributed by atoms with van der Waals surface area (Å²) in [6.07, 6.45) is 5.63. The Morgan fingerprint density at radius 3 is 1.05 bits per heavy atom. The summed E-state index contributed by atoms with van der Waals surface area (Å²) in [7, 11) is 0. The third-order valence-electron chi connectivity index (χ3n) is 10.9. The summed E-state index contributed by atoms with van der Waals surface area (Å²) in [5.41, 5.74) is 14.5. The standard InChI is InChI=1S/C57H38Cl3N3/c1-38(45-23-11-12-24-46(45)42-29-32-51(61-35-42)39-17-5-2-6-18-39)55(58)54(49-27-15-13-25-47(49)43-30-33-52(62-36-43)40-19-7-3-8-20-40)57(60)56(59)50-28-16-14-26-48(50)44-31-34-53(63-37-44)41-21-9-4-10-22-41/h2-37H,1H2/b55-54+,57-56+. The van der Waals surface area contributed by atoms with Crippen LogP contribution in [0, 0.1) is 0 Å². The first-order valence-electron chi connectivity index (χ1n) is 20.4. The molecular formula is C57H38Cl3N3. The van der Waals surface area contributed by atoms with E-state index in [1.165, 1.54) is 0 Å². The molecule has 0 amide bonds. The van der Waals surface area contributed by atoms with Gasteiger partial charge in [0.15, 0.2) is 0 Å². The van der Waals surface area contributed by atoms with Gasteiger partial charge < -0.3 is 0 Å². The molecule has 3 heterocycles. The maximum atomic E-state index is 7.72. The van der Waals surface area contributed by atoms with Crippen molar-refractivity contribution >= 4 is 51.0 Å². The number of aromatic nitrogens is 3. The van der Waals surface area contributed by atoms with E-state index in [-0.39, 0.29) is 5.03 Å². The van der Waals surface area contributed by atoms with E-state index in [9.17, 15) is 0 Å². The van der Waals surface area contributed by atoms with Crippen LogP contribution < -0.4 is 0 Å². The van der Waals surface area contributed by atoms with Crippen LogP contribution in [0.3, 0.4) is 0 Å². The van der Waals surface area contributed by atoms with E-state index in [0.717, 1.165) is 83.8 Å². The molecule has 0 saturated heterocycles. The second kappa shape index (κ2) is 18.9. The minimum absolute atomic E-state index is 0.261. The molecule has 0 aliphatic carbocycles. The largest absolute Gasteiger partial charge is 0.256 e. The fourth-order valence-electron chi connectivity index (χ4n) is 7.71. The SMILES string of the molecule is C=C(/C(Cl)=C(\C(Cl)=C(/Cl)c1ccccc1-c1ccc(-c2ccccc2)nc1)c1ccccc1-c1ccc(-c2ccccc2)nc1)c1ccccc1-c1ccc(-c2ccccc2)nc1. The lowest BCUT2D eigenvalue weighted by Crippen LogP contribution is -1.99. The molecule has 3 nitrogen and oxygen atoms in total. The maximum Gasteiger partial charge on any atom is 0.0702 e. The Hall–Kier alpha value is -7.14. The van der Waals surface area contributed by atoms with Gasteiger partial charge in [-0.05, 0) is 51.6 Å². The fraction of sp³-hybridized carbons (Fsp3) is 0. The van der Waals surface area contributed by atoms with Crippen LogP contribution in [0.2, 0.25) is 0 Å². The third-order valence-corrected chi connectivity index (χ3v) is 12.2. The average Bonchev–Trinajstić information content (AvgIpc) is 3.37. The van der Waals surface area contributed by atoms with Crippen molar-refractivity contribution in [2.24, 2.45) is 0 Å². The highest BCUT2D eigenvalue weighted by molar-refractivity contribution is 6.59. The van der Waals surface area contributed by atoms with Crippen LogP contribution in [0.25, 0.3) is 83.3 Å². The second-order valence-corrected chi connectivity index (χ2v) is 16.0. The van der Waals surface area contributed by atoms with Gasteiger partial charge in [-0.15, -0.1) is 0 Å². The molecule has 6 aromatic carbocycles. The third kappa shape index (κ3) is 8.82. The second-order valence-electron chi connectivity index (χ2n) is 14.8. The summed E-state index contributed by atoms with van der Waals surface area (Å²) in [6.45, 7) is 4.63. The Labute approximate surface area is 383 Å². The van der Waals surface area contributed by atoms with Crippen molar-refractivity contribution in [2.75, 3.05) is 0 Å².